The monoisotopic (exact) mass is 172 g/mol. The Labute approximate surface area is 74.9 Å². The van der Waals surface area contributed by atoms with Gasteiger partial charge in [0.25, 0.3) is 0 Å². The first-order valence-corrected chi connectivity index (χ1v) is 4.70. The molecule has 12 heavy (non-hydrogen) atoms. The molecule has 72 valence electrons. The van der Waals surface area contributed by atoms with Gasteiger partial charge in [-0.2, -0.15) is 0 Å². The molecule has 0 bridgehead atoms. The van der Waals surface area contributed by atoms with Gasteiger partial charge in [0, 0.05) is 12.0 Å². The van der Waals surface area contributed by atoms with E-state index in [9.17, 15) is 5.11 Å². The van der Waals surface area contributed by atoms with Crippen LogP contribution >= 0.6 is 0 Å². The maximum atomic E-state index is 10.1. The lowest BCUT2D eigenvalue weighted by atomic mass is 9.66. The van der Waals surface area contributed by atoms with Crippen LogP contribution in [0.1, 0.15) is 34.1 Å². The summed E-state index contributed by atoms with van der Waals surface area (Å²) in [6.07, 6.45) is 0.980. The van der Waals surface area contributed by atoms with Crippen molar-refractivity contribution in [2.75, 3.05) is 13.2 Å². The first kappa shape index (κ1) is 10.0. The molecule has 1 atom stereocenters. The highest BCUT2D eigenvalue weighted by Gasteiger charge is 2.48. The summed E-state index contributed by atoms with van der Waals surface area (Å²) in [6.45, 7) is 9.60. The van der Waals surface area contributed by atoms with Gasteiger partial charge < -0.3 is 9.84 Å². The molecule has 0 amide bonds. The van der Waals surface area contributed by atoms with Crippen molar-refractivity contribution >= 4 is 0 Å². The first-order chi connectivity index (χ1) is 5.40. The lowest BCUT2D eigenvalue weighted by molar-refractivity contribution is -0.0851. The summed E-state index contributed by atoms with van der Waals surface area (Å²) in [5.41, 5.74) is -0.662. The summed E-state index contributed by atoms with van der Waals surface area (Å²) in [6, 6.07) is 0. The van der Waals surface area contributed by atoms with Crippen LogP contribution in [0.15, 0.2) is 0 Å². The van der Waals surface area contributed by atoms with Crippen molar-refractivity contribution in [1.82, 2.24) is 0 Å². The predicted molar refractivity (Wildman–Crippen MR) is 49.0 cm³/mol. The second-order valence-electron chi connectivity index (χ2n) is 4.67. The highest BCUT2D eigenvalue weighted by Crippen LogP contribution is 2.45. The lowest BCUT2D eigenvalue weighted by Crippen LogP contribution is -2.47. The molecule has 0 aromatic heterocycles. The largest absolute Gasteiger partial charge is 0.390 e. The second-order valence-corrected chi connectivity index (χ2v) is 4.67. The molecule has 1 N–H and O–H groups in total. The van der Waals surface area contributed by atoms with Crippen molar-refractivity contribution in [3.63, 3.8) is 0 Å². The zero-order chi connectivity index (χ0) is 9.41. The summed E-state index contributed by atoms with van der Waals surface area (Å²) < 4.78 is 5.39. The van der Waals surface area contributed by atoms with Crippen LogP contribution < -0.4 is 0 Å². The fourth-order valence-corrected chi connectivity index (χ4v) is 2.23. The van der Waals surface area contributed by atoms with Gasteiger partial charge in [-0.3, -0.25) is 0 Å². The van der Waals surface area contributed by atoms with Crippen molar-refractivity contribution in [2.45, 2.75) is 39.7 Å². The van der Waals surface area contributed by atoms with E-state index in [0.29, 0.717) is 12.5 Å². The number of aliphatic hydroxyl groups is 1. The topological polar surface area (TPSA) is 29.5 Å². The van der Waals surface area contributed by atoms with E-state index >= 15 is 0 Å². The van der Waals surface area contributed by atoms with Crippen LogP contribution in [0.2, 0.25) is 0 Å². The average molecular weight is 172 g/mol. The fourth-order valence-electron chi connectivity index (χ4n) is 2.23. The fraction of sp³-hybridized carbons (Fsp3) is 1.00. The van der Waals surface area contributed by atoms with E-state index in [-0.39, 0.29) is 5.41 Å². The van der Waals surface area contributed by atoms with Crippen LogP contribution in [-0.2, 0) is 4.74 Å². The zero-order valence-electron chi connectivity index (χ0n) is 8.55. The van der Waals surface area contributed by atoms with Gasteiger partial charge in [0.15, 0.2) is 0 Å². The van der Waals surface area contributed by atoms with E-state index in [1.54, 1.807) is 0 Å². The smallest absolute Gasteiger partial charge is 0.0673 e. The van der Waals surface area contributed by atoms with Crippen LogP contribution in [0.25, 0.3) is 0 Å². The predicted octanol–water partition coefficient (Wildman–Crippen LogP) is 1.82. The first-order valence-electron chi connectivity index (χ1n) is 4.70. The van der Waals surface area contributed by atoms with Gasteiger partial charge in [-0.25, -0.2) is 0 Å². The van der Waals surface area contributed by atoms with Crippen LogP contribution in [-0.4, -0.2) is 23.9 Å². The molecular formula is C10H20O2. The molecule has 0 aromatic carbocycles. The highest BCUT2D eigenvalue weighted by atomic mass is 16.5. The van der Waals surface area contributed by atoms with Gasteiger partial charge in [0.2, 0.25) is 0 Å². The highest BCUT2D eigenvalue weighted by molar-refractivity contribution is 4.97. The van der Waals surface area contributed by atoms with Gasteiger partial charge in [0.1, 0.15) is 0 Å². The molecule has 1 aliphatic heterocycles. The summed E-state index contributed by atoms with van der Waals surface area (Å²) in [7, 11) is 0. The van der Waals surface area contributed by atoms with Crippen molar-refractivity contribution in [3.8, 4) is 0 Å². The van der Waals surface area contributed by atoms with Gasteiger partial charge in [-0.15, -0.1) is 0 Å². The Hall–Kier alpha value is -0.0800. The van der Waals surface area contributed by atoms with E-state index in [2.05, 4.69) is 13.8 Å². The van der Waals surface area contributed by atoms with Crippen LogP contribution in [0.3, 0.4) is 0 Å². The molecule has 0 radical (unpaired) electrons. The van der Waals surface area contributed by atoms with Crippen LogP contribution in [0, 0.1) is 11.3 Å². The molecule has 0 aromatic rings. The van der Waals surface area contributed by atoms with Gasteiger partial charge in [-0.1, -0.05) is 13.8 Å². The van der Waals surface area contributed by atoms with Crippen molar-refractivity contribution in [3.05, 3.63) is 0 Å². The normalized spacial score (nSPS) is 31.5. The SMILES string of the molecule is CC(C)C1(C(C)(C)O)CCOC1. The van der Waals surface area contributed by atoms with Gasteiger partial charge in [0.05, 0.1) is 12.2 Å². The molecule has 1 unspecified atom stereocenters. The molecule has 1 rings (SSSR count). The standard InChI is InChI=1S/C10H20O2/c1-8(2)10(9(3,4)11)5-6-12-7-10/h8,11H,5-7H2,1-4H3. The van der Waals surface area contributed by atoms with Crippen molar-refractivity contribution in [2.24, 2.45) is 11.3 Å². The second kappa shape index (κ2) is 3.00. The third kappa shape index (κ3) is 1.38. The number of ether oxygens (including phenoxy) is 1. The number of rotatable bonds is 2. The third-order valence-corrected chi connectivity index (χ3v) is 3.38. The lowest BCUT2D eigenvalue weighted by Gasteiger charge is -2.42. The molecule has 2 heteroatoms. The molecule has 0 spiro atoms. The molecule has 2 nitrogen and oxygen atoms in total. The van der Waals surface area contributed by atoms with E-state index in [1.165, 1.54) is 0 Å². The minimum absolute atomic E-state index is 0.0347. The van der Waals surface area contributed by atoms with E-state index in [0.717, 1.165) is 13.0 Å². The van der Waals surface area contributed by atoms with E-state index < -0.39 is 5.60 Å². The molecule has 0 aliphatic carbocycles. The molecule has 1 fully saturated rings. The Kier molecular flexibility index (Phi) is 2.50. The van der Waals surface area contributed by atoms with Crippen molar-refractivity contribution < 1.29 is 9.84 Å². The molecule has 1 saturated heterocycles. The number of hydrogen-bond donors (Lipinski definition) is 1. The minimum atomic E-state index is -0.627. The van der Waals surface area contributed by atoms with E-state index in [4.69, 9.17) is 4.74 Å². The van der Waals surface area contributed by atoms with Crippen molar-refractivity contribution in [1.29, 1.82) is 0 Å². The maximum Gasteiger partial charge on any atom is 0.0673 e. The summed E-state index contributed by atoms with van der Waals surface area (Å²) >= 11 is 0. The Morgan fingerprint density at radius 2 is 2.00 bits per heavy atom. The quantitative estimate of drug-likeness (QED) is 0.688. The summed E-state index contributed by atoms with van der Waals surface area (Å²) in [5.74, 6) is 0.472. The zero-order valence-corrected chi connectivity index (χ0v) is 8.55. The minimum Gasteiger partial charge on any atom is -0.390 e. The Morgan fingerprint density at radius 3 is 2.17 bits per heavy atom. The Balaban J connectivity index is 2.87. The van der Waals surface area contributed by atoms with Gasteiger partial charge >= 0.3 is 0 Å². The van der Waals surface area contributed by atoms with Gasteiger partial charge in [-0.05, 0) is 26.2 Å². The summed E-state index contributed by atoms with van der Waals surface area (Å²) in [5, 5.41) is 10.1. The Bertz CT molecular complexity index is 150. The molecule has 1 heterocycles. The Morgan fingerprint density at radius 1 is 1.42 bits per heavy atom. The molecule has 1 aliphatic rings. The van der Waals surface area contributed by atoms with E-state index in [1.807, 2.05) is 13.8 Å². The van der Waals surface area contributed by atoms with Crippen LogP contribution in [0.4, 0.5) is 0 Å². The summed E-state index contributed by atoms with van der Waals surface area (Å²) in [4.78, 5) is 0. The molecule has 0 saturated carbocycles. The molecular weight excluding hydrogens is 152 g/mol. The number of hydrogen-bond acceptors (Lipinski definition) is 2. The van der Waals surface area contributed by atoms with Crippen LogP contribution in [0.5, 0.6) is 0 Å². The average Bonchev–Trinajstić information content (AvgIpc) is 2.31. The third-order valence-electron chi connectivity index (χ3n) is 3.38. The maximum absolute atomic E-state index is 10.1.